The summed E-state index contributed by atoms with van der Waals surface area (Å²) in [6, 6.07) is 14.0. The Morgan fingerprint density at radius 1 is 1.00 bits per heavy atom. The number of carbonyl (C=O) groups is 1. The molecule has 0 aliphatic carbocycles. The van der Waals surface area contributed by atoms with Gasteiger partial charge in [0, 0.05) is 16.6 Å². The average molecular weight is 278 g/mol. The number of hydrogen-bond donors (Lipinski definition) is 2. The number of benzene rings is 2. The zero-order valence-electron chi connectivity index (χ0n) is 12.4. The first kappa shape index (κ1) is 13.4. The van der Waals surface area contributed by atoms with Crippen LogP contribution >= 0.6 is 0 Å². The summed E-state index contributed by atoms with van der Waals surface area (Å²) in [6.07, 6.45) is 0. The maximum Gasteiger partial charge on any atom is 0.272 e. The lowest BCUT2D eigenvalue weighted by atomic mass is 10.1. The van der Waals surface area contributed by atoms with E-state index < -0.39 is 0 Å². The van der Waals surface area contributed by atoms with Gasteiger partial charge in [0.05, 0.1) is 0 Å². The maximum absolute atomic E-state index is 12.4. The normalized spacial score (nSPS) is 10.8. The number of aryl methyl sites for hydroxylation is 3. The highest BCUT2D eigenvalue weighted by molar-refractivity contribution is 6.06. The summed E-state index contributed by atoms with van der Waals surface area (Å²) in [5, 5.41) is 4.05. The molecule has 0 atom stereocenters. The number of H-pyrrole nitrogens is 1. The summed E-state index contributed by atoms with van der Waals surface area (Å²) in [6.45, 7) is 6.03. The van der Waals surface area contributed by atoms with Gasteiger partial charge in [-0.2, -0.15) is 0 Å². The molecule has 0 saturated carbocycles. The second kappa shape index (κ2) is 5.09. The number of nitrogens with one attached hydrogen (secondary N) is 2. The average Bonchev–Trinajstić information content (AvgIpc) is 2.86. The van der Waals surface area contributed by atoms with Crippen molar-refractivity contribution in [3.63, 3.8) is 0 Å². The van der Waals surface area contributed by atoms with E-state index in [1.165, 1.54) is 5.56 Å². The van der Waals surface area contributed by atoms with E-state index in [1.807, 2.05) is 63.2 Å². The van der Waals surface area contributed by atoms with Crippen LogP contribution in [0.15, 0.2) is 42.5 Å². The van der Waals surface area contributed by atoms with Crippen LogP contribution in [0.25, 0.3) is 10.9 Å². The van der Waals surface area contributed by atoms with Crippen molar-refractivity contribution in [3.05, 3.63) is 64.8 Å². The Balaban J connectivity index is 1.94. The summed E-state index contributed by atoms with van der Waals surface area (Å²) in [4.78, 5) is 15.6. The molecule has 106 valence electrons. The quantitative estimate of drug-likeness (QED) is 0.719. The number of carbonyl (C=O) groups excluding carboxylic acids is 1. The first-order valence-corrected chi connectivity index (χ1v) is 7.01. The van der Waals surface area contributed by atoms with Crippen LogP contribution in [0.5, 0.6) is 0 Å². The molecule has 0 unspecified atom stereocenters. The van der Waals surface area contributed by atoms with E-state index in [9.17, 15) is 4.79 Å². The van der Waals surface area contributed by atoms with Crippen molar-refractivity contribution in [2.45, 2.75) is 20.8 Å². The summed E-state index contributed by atoms with van der Waals surface area (Å²) in [5.41, 5.74) is 5.76. The van der Waals surface area contributed by atoms with Crippen molar-refractivity contribution in [3.8, 4) is 0 Å². The molecule has 3 nitrogen and oxygen atoms in total. The lowest BCUT2D eigenvalue weighted by Crippen LogP contribution is -2.14. The predicted octanol–water partition coefficient (Wildman–Crippen LogP) is 4.35. The van der Waals surface area contributed by atoms with Crippen molar-refractivity contribution < 1.29 is 4.79 Å². The third kappa shape index (κ3) is 2.55. The van der Waals surface area contributed by atoms with E-state index in [0.29, 0.717) is 5.69 Å². The van der Waals surface area contributed by atoms with Gasteiger partial charge in [-0.05, 0) is 49.6 Å². The first-order chi connectivity index (χ1) is 10.0. The van der Waals surface area contributed by atoms with E-state index in [2.05, 4.69) is 10.3 Å². The summed E-state index contributed by atoms with van der Waals surface area (Å²) >= 11 is 0. The highest BCUT2D eigenvalue weighted by Gasteiger charge is 2.12. The highest BCUT2D eigenvalue weighted by atomic mass is 16.1. The maximum atomic E-state index is 12.4. The molecular formula is C18H18N2O. The second-order valence-electron chi connectivity index (χ2n) is 5.49. The summed E-state index contributed by atoms with van der Waals surface area (Å²) < 4.78 is 0. The first-order valence-electron chi connectivity index (χ1n) is 7.01. The summed E-state index contributed by atoms with van der Waals surface area (Å²) in [5.74, 6) is -0.110. The summed E-state index contributed by atoms with van der Waals surface area (Å²) in [7, 11) is 0. The Labute approximate surface area is 124 Å². The van der Waals surface area contributed by atoms with Gasteiger partial charge < -0.3 is 10.3 Å². The number of rotatable bonds is 2. The third-order valence-corrected chi connectivity index (χ3v) is 3.74. The van der Waals surface area contributed by atoms with E-state index in [4.69, 9.17) is 0 Å². The van der Waals surface area contributed by atoms with Crippen molar-refractivity contribution in [1.29, 1.82) is 0 Å². The van der Waals surface area contributed by atoms with Gasteiger partial charge in [-0.1, -0.05) is 30.3 Å². The lowest BCUT2D eigenvalue weighted by Gasteiger charge is -2.10. The fraction of sp³-hybridized carbons (Fsp3) is 0.167. The molecule has 3 heteroatoms. The number of para-hydroxylation sites is 1. The number of aromatic amines is 1. The Morgan fingerprint density at radius 3 is 2.43 bits per heavy atom. The molecule has 0 radical (unpaired) electrons. The largest absolute Gasteiger partial charge is 0.351 e. The van der Waals surface area contributed by atoms with Crippen LogP contribution in [0.4, 0.5) is 5.69 Å². The zero-order valence-corrected chi connectivity index (χ0v) is 12.4. The number of fused-ring (bicyclic) bond motifs is 1. The van der Waals surface area contributed by atoms with E-state index in [0.717, 1.165) is 27.7 Å². The van der Waals surface area contributed by atoms with Crippen LogP contribution in [-0.2, 0) is 0 Å². The molecule has 0 spiro atoms. The Hall–Kier alpha value is -2.55. The van der Waals surface area contributed by atoms with Gasteiger partial charge in [0.25, 0.3) is 5.91 Å². The fourth-order valence-electron chi connectivity index (χ4n) is 2.56. The molecule has 0 aliphatic rings. The van der Waals surface area contributed by atoms with Gasteiger partial charge in [-0.15, -0.1) is 0 Å². The smallest absolute Gasteiger partial charge is 0.272 e. The number of aromatic nitrogens is 1. The molecule has 0 bridgehead atoms. The lowest BCUT2D eigenvalue weighted by molar-refractivity contribution is 0.102. The minimum Gasteiger partial charge on any atom is -0.351 e. The van der Waals surface area contributed by atoms with Gasteiger partial charge in [0.2, 0.25) is 0 Å². The standard InChI is InChI=1S/C18H18N2O/c1-11-7-8-14-10-16(19-15(14)9-11)18(21)20-17-12(2)5-4-6-13(17)3/h4-10,19H,1-3H3,(H,20,21). The molecule has 3 aromatic rings. The molecule has 2 N–H and O–H groups in total. The van der Waals surface area contributed by atoms with Crippen molar-refractivity contribution in [1.82, 2.24) is 4.98 Å². The molecule has 1 heterocycles. The molecule has 3 rings (SSSR count). The van der Waals surface area contributed by atoms with Crippen LogP contribution in [0.3, 0.4) is 0 Å². The zero-order chi connectivity index (χ0) is 15.0. The topological polar surface area (TPSA) is 44.9 Å². The molecule has 21 heavy (non-hydrogen) atoms. The van der Waals surface area contributed by atoms with Gasteiger partial charge in [-0.3, -0.25) is 4.79 Å². The second-order valence-corrected chi connectivity index (χ2v) is 5.49. The van der Waals surface area contributed by atoms with Gasteiger partial charge in [0.15, 0.2) is 0 Å². The van der Waals surface area contributed by atoms with Crippen LogP contribution in [-0.4, -0.2) is 10.9 Å². The Bertz CT molecular complexity index is 810. The SMILES string of the molecule is Cc1ccc2cc(C(=O)Nc3c(C)cccc3C)[nH]c2c1. The Morgan fingerprint density at radius 2 is 1.71 bits per heavy atom. The van der Waals surface area contributed by atoms with Crippen molar-refractivity contribution in [2.75, 3.05) is 5.32 Å². The number of amides is 1. The Kier molecular flexibility index (Phi) is 3.26. The molecule has 0 aliphatic heterocycles. The molecular weight excluding hydrogens is 260 g/mol. The van der Waals surface area contributed by atoms with Crippen molar-refractivity contribution in [2.24, 2.45) is 0 Å². The fourth-order valence-corrected chi connectivity index (χ4v) is 2.56. The van der Waals surface area contributed by atoms with Crippen LogP contribution in [0.2, 0.25) is 0 Å². The molecule has 0 saturated heterocycles. The van der Waals surface area contributed by atoms with Crippen LogP contribution in [0.1, 0.15) is 27.2 Å². The minimum atomic E-state index is -0.110. The van der Waals surface area contributed by atoms with Crippen LogP contribution < -0.4 is 5.32 Å². The van der Waals surface area contributed by atoms with E-state index in [1.54, 1.807) is 0 Å². The van der Waals surface area contributed by atoms with Crippen LogP contribution in [0, 0.1) is 20.8 Å². The van der Waals surface area contributed by atoms with Gasteiger partial charge >= 0.3 is 0 Å². The monoisotopic (exact) mass is 278 g/mol. The highest BCUT2D eigenvalue weighted by Crippen LogP contribution is 2.22. The van der Waals surface area contributed by atoms with Gasteiger partial charge in [-0.25, -0.2) is 0 Å². The minimum absolute atomic E-state index is 0.110. The molecule has 0 fully saturated rings. The molecule has 1 aromatic heterocycles. The molecule has 2 aromatic carbocycles. The van der Waals surface area contributed by atoms with E-state index in [-0.39, 0.29) is 5.91 Å². The predicted molar refractivity (Wildman–Crippen MR) is 86.9 cm³/mol. The van der Waals surface area contributed by atoms with Gasteiger partial charge in [0.1, 0.15) is 5.69 Å². The third-order valence-electron chi connectivity index (χ3n) is 3.74. The number of anilines is 1. The number of hydrogen-bond acceptors (Lipinski definition) is 1. The van der Waals surface area contributed by atoms with Crippen molar-refractivity contribution >= 4 is 22.5 Å². The van der Waals surface area contributed by atoms with E-state index >= 15 is 0 Å². The molecule has 1 amide bonds.